The molecule has 0 radical (unpaired) electrons. The van der Waals surface area contributed by atoms with Crippen LogP contribution in [0.1, 0.15) is 44.6 Å². The van der Waals surface area contributed by atoms with Crippen LogP contribution in [0.3, 0.4) is 0 Å². The Hall–Kier alpha value is -6.59. The number of H-pyrrole nitrogens is 1. The highest BCUT2D eigenvalue weighted by molar-refractivity contribution is 8.00. The number of benzene rings is 1. The fourth-order valence-electron chi connectivity index (χ4n) is 6.90. The first kappa shape index (κ1) is 46.1. The summed E-state index contributed by atoms with van der Waals surface area (Å²) < 4.78 is 0. The van der Waals surface area contributed by atoms with Gasteiger partial charge in [0.1, 0.15) is 30.2 Å². The normalized spacial score (nSPS) is 18.9. The molecule has 326 valence electrons. The summed E-state index contributed by atoms with van der Waals surface area (Å²) in [5.74, 6) is -5.99. The van der Waals surface area contributed by atoms with Crippen molar-refractivity contribution in [2.45, 2.75) is 81.0 Å². The fraction of sp³-hybridized carbons (Fsp3) is 0.500. The van der Waals surface area contributed by atoms with Gasteiger partial charge in [-0.05, 0) is 37.3 Å². The number of nitrogens with two attached hydrogens (primary N) is 6. The SMILES string of the molecule is CC(=O)N[C@@H](CCCN=C(N)N)C(=O)N[C@@H](Cc1c[nH]c2ccccc12)C(=O)N[C@H]1CS[C@@H]2CN(CC(=O)N[C@@H](CCCN=C(N)N)C(N)=O)C(=O)[C@H](CC(N)=O)N2C1=O. The van der Waals surface area contributed by atoms with E-state index in [2.05, 4.69) is 36.2 Å². The molecule has 0 spiro atoms. The molecular weight excluding hydrogens is 803 g/mol. The van der Waals surface area contributed by atoms with Crippen LogP contribution < -0.4 is 55.7 Å². The topological polar surface area (TPSA) is 388 Å². The van der Waals surface area contributed by atoms with Crippen LogP contribution in [0.4, 0.5) is 0 Å². The summed E-state index contributed by atoms with van der Waals surface area (Å²) in [6.07, 6.45) is 2.00. The third kappa shape index (κ3) is 13.0. The molecule has 60 heavy (non-hydrogen) atoms. The Kier molecular flexibility index (Phi) is 16.5. The first-order valence-corrected chi connectivity index (χ1v) is 20.1. The largest absolute Gasteiger partial charge is 0.370 e. The monoisotopic (exact) mass is 855 g/mol. The predicted octanol–water partition coefficient (Wildman–Crippen LogP) is -4.75. The van der Waals surface area contributed by atoms with Crippen molar-refractivity contribution < 1.29 is 38.4 Å². The Morgan fingerprint density at radius 1 is 0.850 bits per heavy atom. The van der Waals surface area contributed by atoms with Crippen LogP contribution in [0.5, 0.6) is 0 Å². The van der Waals surface area contributed by atoms with E-state index in [-0.39, 0.29) is 56.6 Å². The second-order valence-corrected chi connectivity index (χ2v) is 15.5. The molecule has 2 aromatic rings. The smallest absolute Gasteiger partial charge is 0.247 e. The molecule has 0 bridgehead atoms. The number of carbonyl (C=O) groups is 8. The van der Waals surface area contributed by atoms with Crippen molar-refractivity contribution in [1.29, 1.82) is 0 Å². The lowest BCUT2D eigenvalue weighted by atomic mass is 10.0. The van der Waals surface area contributed by atoms with Gasteiger partial charge < -0.3 is 70.5 Å². The first-order chi connectivity index (χ1) is 28.4. The molecule has 23 nitrogen and oxygen atoms in total. The van der Waals surface area contributed by atoms with Gasteiger partial charge in [-0.25, -0.2) is 0 Å². The van der Waals surface area contributed by atoms with Crippen LogP contribution in [0.15, 0.2) is 40.4 Å². The minimum atomic E-state index is -1.42. The van der Waals surface area contributed by atoms with E-state index in [1.165, 1.54) is 23.6 Å². The van der Waals surface area contributed by atoms with Crippen molar-refractivity contribution in [2.24, 2.45) is 44.4 Å². The van der Waals surface area contributed by atoms with Crippen molar-refractivity contribution >= 4 is 81.8 Å². The maximum atomic E-state index is 14.2. The van der Waals surface area contributed by atoms with Gasteiger partial charge in [0.05, 0.1) is 24.9 Å². The van der Waals surface area contributed by atoms with Gasteiger partial charge in [-0.1, -0.05) is 18.2 Å². The number of nitrogens with zero attached hydrogens (tertiary/aromatic N) is 4. The Morgan fingerprint density at radius 2 is 1.50 bits per heavy atom. The number of guanidine groups is 2. The molecule has 8 amide bonds. The van der Waals surface area contributed by atoms with Crippen LogP contribution in [0, 0.1) is 0 Å². The van der Waals surface area contributed by atoms with Crippen LogP contribution in [-0.2, 0) is 44.8 Å². The minimum absolute atomic E-state index is 0.0184. The van der Waals surface area contributed by atoms with Gasteiger partial charge in [0.2, 0.25) is 47.3 Å². The van der Waals surface area contributed by atoms with Gasteiger partial charge in [0.15, 0.2) is 11.9 Å². The van der Waals surface area contributed by atoms with Gasteiger partial charge in [-0.15, -0.1) is 11.8 Å². The summed E-state index contributed by atoms with van der Waals surface area (Å²) in [6.45, 7) is 0.974. The van der Waals surface area contributed by atoms with E-state index in [1.807, 2.05) is 24.3 Å². The number of primary amides is 2. The molecule has 2 fully saturated rings. The number of carbonyl (C=O) groups excluding carboxylic acids is 8. The standard InChI is InChI=1S/C36H53N15O8S/c1-18(52)46-23(9-5-11-44-36(41)42)31(56)48-24(12-19-14-45-21-7-3-2-6-20(19)21)32(57)49-25-17-60-29-16-50(34(59)26(13-27(37)53)51(29)33(25)58)15-28(54)47-22(30(38)55)8-4-10-43-35(39)40/h2-3,6-7,14,22-26,29,45H,4-5,8-13,15-17H2,1H3,(H2,37,53)(H2,38,55)(H,46,52)(H,47,54)(H,48,56)(H,49,57)(H4,39,40,43)(H4,41,42,44)/t22-,23-,24-,25-,26-,29+/m0/s1. The zero-order valence-corrected chi connectivity index (χ0v) is 33.9. The van der Waals surface area contributed by atoms with Crippen molar-refractivity contribution in [3.05, 3.63) is 36.0 Å². The lowest BCUT2D eigenvalue weighted by Crippen LogP contribution is -2.69. The number of aromatic amines is 1. The number of hydrogen-bond acceptors (Lipinski definition) is 11. The van der Waals surface area contributed by atoms with E-state index < -0.39 is 95.8 Å². The molecule has 0 saturated carbocycles. The highest BCUT2D eigenvalue weighted by Crippen LogP contribution is 2.32. The molecule has 2 saturated heterocycles. The molecule has 4 rings (SSSR count). The van der Waals surface area contributed by atoms with E-state index >= 15 is 0 Å². The molecule has 0 unspecified atom stereocenters. The molecule has 0 aliphatic carbocycles. The van der Waals surface area contributed by atoms with Gasteiger partial charge in [0.25, 0.3) is 0 Å². The highest BCUT2D eigenvalue weighted by Gasteiger charge is 2.49. The summed E-state index contributed by atoms with van der Waals surface area (Å²) in [7, 11) is 0. The highest BCUT2D eigenvalue weighted by atomic mass is 32.2. The number of para-hydroxylation sites is 1. The van der Waals surface area contributed by atoms with Gasteiger partial charge in [-0.3, -0.25) is 48.3 Å². The average Bonchev–Trinajstić information content (AvgIpc) is 3.58. The van der Waals surface area contributed by atoms with E-state index in [1.54, 1.807) is 6.20 Å². The first-order valence-electron chi connectivity index (χ1n) is 19.1. The quantitative estimate of drug-likeness (QED) is 0.0320. The van der Waals surface area contributed by atoms with Crippen LogP contribution >= 0.6 is 11.8 Å². The van der Waals surface area contributed by atoms with Crippen molar-refractivity contribution in [1.82, 2.24) is 36.1 Å². The third-order valence-electron chi connectivity index (χ3n) is 9.67. The summed E-state index contributed by atoms with van der Waals surface area (Å²) in [5, 5.41) is 10.6. The van der Waals surface area contributed by atoms with E-state index in [4.69, 9.17) is 34.4 Å². The number of thioether (sulfide) groups is 1. The number of aliphatic imine (C=N–C) groups is 2. The fourth-order valence-corrected chi connectivity index (χ4v) is 8.24. The molecule has 24 heteroatoms. The molecule has 3 heterocycles. The summed E-state index contributed by atoms with van der Waals surface area (Å²) in [5.41, 5.74) is 33.9. The number of nitrogens with one attached hydrogen (secondary N) is 5. The maximum absolute atomic E-state index is 14.2. The number of rotatable bonds is 21. The third-order valence-corrected chi connectivity index (χ3v) is 11.0. The Bertz CT molecular complexity index is 2000. The van der Waals surface area contributed by atoms with Crippen molar-refractivity contribution in [3.63, 3.8) is 0 Å². The van der Waals surface area contributed by atoms with Crippen molar-refractivity contribution in [3.8, 4) is 0 Å². The van der Waals surface area contributed by atoms with Crippen molar-refractivity contribution in [2.75, 3.05) is 31.9 Å². The molecule has 1 aromatic heterocycles. The van der Waals surface area contributed by atoms with E-state index in [0.717, 1.165) is 15.8 Å². The van der Waals surface area contributed by atoms with Crippen LogP contribution in [0.2, 0.25) is 0 Å². The number of piperazine rings is 1. The summed E-state index contributed by atoms with van der Waals surface area (Å²) in [6, 6.07) is 1.31. The second-order valence-electron chi connectivity index (χ2n) is 14.3. The van der Waals surface area contributed by atoms with Gasteiger partial charge in [0, 0.05) is 49.3 Å². The number of fused-ring (bicyclic) bond motifs is 2. The molecule has 17 N–H and O–H groups in total. The van der Waals surface area contributed by atoms with Crippen LogP contribution in [-0.4, -0.2) is 141 Å². The second kappa shape index (κ2) is 21.4. The summed E-state index contributed by atoms with van der Waals surface area (Å²) in [4.78, 5) is 118. The molecule has 1 aromatic carbocycles. The molecule has 6 atom stereocenters. The minimum Gasteiger partial charge on any atom is -0.370 e. The molecular formula is C36H53N15O8S. The molecule has 2 aliphatic rings. The Morgan fingerprint density at radius 3 is 2.12 bits per heavy atom. The lowest BCUT2D eigenvalue weighted by molar-refractivity contribution is -0.157. The van der Waals surface area contributed by atoms with Crippen LogP contribution in [0.25, 0.3) is 10.9 Å². The number of hydrogen-bond donors (Lipinski definition) is 11. The maximum Gasteiger partial charge on any atom is 0.247 e. The number of aromatic nitrogens is 1. The zero-order valence-electron chi connectivity index (χ0n) is 33.1. The van der Waals surface area contributed by atoms with Gasteiger partial charge in [-0.2, -0.15) is 0 Å². The number of amides is 8. The average molecular weight is 856 g/mol. The zero-order chi connectivity index (χ0) is 44.1. The van der Waals surface area contributed by atoms with E-state index in [0.29, 0.717) is 18.4 Å². The summed E-state index contributed by atoms with van der Waals surface area (Å²) >= 11 is 1.19. The Labute approximate surface area is 348 Å². The Balaban J connectivity index is 1.51. The molecule has 2 aliphatic heterocycles. The van der Waals surface area contributed by atoms with Gasteiger partial charge >= 0.3 is 0 Å². The lowest BCUT2D eigenvalue weighted by Gasteiger charge is -2.49. The van der Waals surface area contributed by atoms with E-state index in [9.17, 15) is 38.4 Å². The predicted molar refractivity (Wildman–Crippen MR) is 222 cm³/mol.